The molecule has 0 bridgehead atoms. The van der Waals surface area contributed by atoms with Crippen molar-refractivity contribution in [2.45, 2.75) is 44.2 Å². The van der Waals surface area contributed by atoms with Gasteiger partial charge < -0.3 is 20.6 Å². The summed E-state index contributed by atoms with van der Waals surface area (Å²) in [4.78, 5) is 8.61. The van der Waals surface area contributed by atoms with Crippen LogP contribution < -0.4 is 16.6 Å². The first kappa shape index (κ1) is 15.0. The van der Waals surface area contributed by atoms with Crippen molar-refractivity contribution in [1.29, 1.82) is 0 Å². The average molecular weight is 281 g/mol. The molecule has 1 fully saturated rings. The summed E-state index contributed by atoms with van der Waals surface area (Å²) in [7, 11) is 1.59. The number of hydrogen-bond acceptors (Lipinski definition) is 7. The Bertz CT molecular complexity index is 435. The minimum atomic E-state index is -0.289. The minimum absolute atomic E-state index is 0.0992. The van der Waals surface area contributed by atoms with Gasteiger partial charge in [0.05, 0.1) is 12.1 Å². The summed E-state index contributed by atoms with van der Waals surface area (Å²) in [5.41, 5.74) is 2.24. The molecule has 0 atom stereocenters. The number of aliphatic hydroxyl groups excluding tert-OH is 1. The van der Waals surface area contributed by atoms with Crippen LogP contribution >= 0.6 is 0 Å². The molecular formula is C13H23N5O2. The van der Waals surface area contributed by atoms with Crippen molar-refractivity contribution in [2.24, 2.45) is 5.84 Å². The van der Waals surface area contributed by atoms with Crippen LogP contribution in [0.15, 0.2) is 6.07 Å². The van der Waals surface area contributed by atoms with E-state index in [-0.39, 0.29) is 12.1 Å². The SMILES string of the molecule is COCc1nc(NN)cc(NC2(CO)CCCCC2)n1. The molecule has 1 aliphatic rings. The van der Waals surface area contributed by atoms with E-state index in [9.17, 15) is 5.11 Å². The quantitative estimate of drug-likeness (QED) is 0.455. The number of hydrazine groups is 1. The lowest BCUT2D eigenvalue weighted by Gasteiger charge is -2.37. The molecule has 7 nitrogen and oxygen atoms in total. The highest BCUT2D eigenvalue weighted by molar-refractivity contribution is 5.48. The molecule has 0 aromatic carbocycles. The number of nitrogens with one attached hydrogen (secondary N) is 2. The number of nitrogen functional groups attached to an aromatic ring is 1. The van der Waals surface area contributed by atoms with Crippen LogP contribution in [0, 0.1) is 0 Å². The van der Waals surface area contributed by atoms with Gasteiger partial charge in [-0.05, 0) is 12.8 Å². The van der Waals surface area contributed by atoms with Crippen LogP contribution in [-0.4, -0.2) is 34.3 Å². The third-order valence-corrected chi connectivity index (χ3v) is 3.70. The van der Waals surface area contributed by atoms with Crippen LogP contribution in [0.5, 0.6) is 0 Å². The van der Waals surface area contributed by atoms with E-state index in [1.165, 1.54) is 6.42 Å². The number of aromatic nitrogens is 2. The first-order chi connectivity index (χ1) is 9.71. The summed E-state index contributed by atoms with van der Waals surface area (Å²) in [6.07, 6.45) is 5.34. The number of nitrogens with two attached hydrogens (primary N) is 1. The fraction of sp³-hybridized carbons (Fsp3) is 0.692. The average Bonchev–Trinajstić information content (AvgIpc) is 2.48. The van der Waals surface area contributed by atoms with Gasteiger partial charge in [0.15, 0.2) is 5.82 Å². The number of hydrogen-bond donors (Lipinski definition) is 4. The smallest absolute Gasteiger partial charge is 0.158 e. The molecule has 0 saturated heterocycles. The Kier molecular flexibility index (Phi) is 5.11. The minimum Gasteiger partial charge on any atom is -0.394 e. The number of rotatable bonds is 6. The third kappa shape index (κ3) is 3.56. The molecule has 1 heterocycles. The van der Waals surface area contributed by atoms with Gasteiger partial charge in [0.25, 0.3) is 0 Å². The maximum atomic E-state index is 9.73. The first-order valence-electron chi connectivity index (χ1n) is 6.94. The van der Waals surface area contributed by atoms with E-state index in [0.29, 0.717) is 24.1 Å². The molecule has 1 aromatic rings. The predicted octanol–water partition coefficient (Wildman–Crippen LogP) is 1.02. The molecule has 1 saturated carbocycles. The van der Waals surface area contributed by atoms with Crippen LogP contribution in [0.3, 0.4) is 0 Å². The Morgan fingerprint density at radius 1 is 1.30 bits per heavy atom. The zero-order valence-electron chi connectivity index (χ0n) is 11.9. The van der Waals surface area contributed by atoms with E-state index in [1.54, 1.807) is 13.2 Å². The van der Waals surface area contributed by atoms with Crippen LogP contribution in [0.1, 0.15) is 37.9 Å². The zero-order chi connectivity index (χ0) is 14.4. The lowest BCUT2D eigenvalue weighted by molar-refractivity contribution is 0.171. The summed E-state index contributed by atoms with van der Waals surface area (Å²) in [6, 6.07) is 1.74. The molecular weight excluding hydrogens is 258 g/mol. The van der Waals surface area contributed by atoms with Gasteiger partial charge in [-0.15, -0.1) is 0 Å². The van der Waals surface area contributed by atoms with Crippen LogP contribution in [0.2, 0.25) is 0 Å². The van der Waals surface area contributed by atoms with Gasteiger partial charge in [-0.2, -0.15) is 0 Å². The van der Waals surface area contributed by atoms with Gasteiger partial charge in [0.1, 0.15) is 18.2 Å². The highest BCUT2D eigenvalue weighted by atomic mass is 16.5. The number of anilines is 2. The van der Waals surface area contributed by atoms with Crippen molar-refractivity contribution in [2.75, 3.05) is 24.5 Å². The lowest BCUT2D eigenvalue weighted by atomic mass is 9.82. The maximum absolute atomic E-state index is 9.73. The molecule has 0 aliphatic heterocycles. The van der Waals surface area contributed by atoms with Gasteiger partial charge in [-0.3, -0.25) is 0 Å². The molecule has 1 aliphatic carbocycles. The highest BCUT2D eigenvalue weighted by Crippen LogP contribution is 2.31. The van der Waals surface area contributed by atoms with Crippen molar-refractivity contribution in [3.63, 3.8) is 0 Å². The summed E-state index contributed by atoms with van der Waals surface area (Å²) < 4.78 is 5.05. The van der Waals surface area contributed by atoms with Crippen molar-refractivity contribution in [3.05, 3.63) is 11.9 Å². The Labute approximate surface area is 118 Å². The second-order valence-electron chi connectivity index (χ2n) is 5.26. The van der Waals surface area contributed by atoms with E-state index in [2.05, 4.69) is 20.7 Å². The summed E-state index contributed by atoms with van der Waals surface area (Å²) >= 11 is 0. The van der Waals surface area contributed by atoms with Crippen LogP contribution in [-0.2, 0) is 11.3 Å². The molecule has 0 spiro atoms. The highest BCUT2D eigenvalue weighted by Gasteiger charge is 2.31. The monoisotopic (exact) mass is 281 g/mol. The van der Waals surface area contributed by atoms with Crippen LogP contribution in [0.4, 0.5) is 11.6 Å². The van der Waals surface area contributed by atoms with E-state index in [4.69, 9.17) is 10.6 Å². The molecule has 0 unspecified atom stereocenters. The van der Waals surface area contributed by atoms with Gasteiger partial charge in [-0.25, -0.2) is 15.8 Å². The van der Waals surface area contributed by atoms with Crippen molar-refractivity contribution < 1.29 is 9.84 Å². The van der Waals surface area contributed by atoms with E-state index < -0.39 is 0 Å². The summed E-state index contributed by atoms with van der Waals surface area (Å²) in [5, 5.41) is 13.1. The van der Waals surface area contributed by atoms with Gasteiger partial charge in [0.2, 0.25) is 0 Å². The third-order valence-electron chi connectivity index (χ3n) is 3.70. The Balaban J connectivity index is 2.19. The largest absolute Gasteiger partial charge is 0.394 e. The lowest BCUT2D eigenvalue weighted by Crippen LogP contribution is -2.44. The van der Waals surface area contributed by atoms with Crippen molar-refractivity contribution in [3.8, 4) is 0 Å². The fourth-order valence-corrected chi connectivity index (χ4v) is 2.65. The van der Waals surface area contributed by atoms with E-state index in [1.807, 2.05) is 0 Å². The normalized spacial score (nSPS) is 17.8. The summed E-state index contributed by atoms with van der Waals surface area (Å²) in [5.74, 6) is 7.16. The number of ether oxygens (including phenoxy) is 1. The standard InChI is InChI=1S/C13H23N5O2/c1-20-8-12-15-10(7-11(16-12)18-14)17-13(9-19)5-3-2-4-6-13/h7,19H,2-6,8-9,14H2,1H3,(H2,15,16,17,18). The van der Waals surface area contributed by atoms with E-state index in [0.717, 1.165) is 25.7 Å². The molecule has 0 amide bonds. The maximum Gasteiger partial charge on any atom is 0.158 e. The Morgan fingerprint density at radius 3 is 2.60 bits per heavy atom. The second-order valence-corrected chi connectivity index (χ2v) is 5.26. The number of nitrogens with zero attached hydrogens (tertiary/aromatic N) is 2. The molecule has 1 aromatic heterocycles. The molecule has 0 radical (unpaired) electrons. The fourth-order valence-electron chi connectivity index (χ4n) is 2.65. The predicted molar refractivity (Wildman–Crippen MR) is 77.1 cm³/mol. The second kappa shape index (κ2) is 6.83. The first-order valence-corrected chi connectivity index (χ1v) is 6.94. The van der Waals surface area contributed by atoms with Crippen LogP contribution in [0.25, 0.3) is 0 Å². The Hall–Kier alpha value is -1.44. The molecule has 5 N–H and O–H groups in total. The van der Waals surface area contributed by atoms with Gasteiger partial charge in [-0.1, -0.05) is 19.3 Å². The van der Waals surface area contributed by atoms with Gasteiger partial charge >= 0.3 is 0 Å². The molecule has 7 heteroatoms. The zero-order valence-corrected chi connectivity index (χ0v) is 11.9. The molecule has 112 valence electrons. The number of aliphatic hydroxyl groups is 1. The van der Waals surface area contributed by atoms with Gasteiger partial charge in [0, 0.05) is 13.2 Å². The topological polar surface area (TPSA) is 105 Å². The number of methoxy groups -OCH3 is 1. The Morgan fingerprint density at radius 2 is 2.00 bits per heavy atom. The molecule has 2 rings (SSSR count). The summed E-state index contributed by atoms with van der Waals surface area (Å²) in [6.45, 7) is 0.415. The van der Waals surface area contributed by atoms with Crippen molar-refractivity contribution >= 4 is 11.6 Å². The molecule has 20 heavy (non-hydrogen) atoms. The van der Waals surface area contributed by atoms with E-state index >= 15 is 0 Å². The van der Waals surface area contributed by atoms with Crippen molar-refractivity contribution in [1.82, 2.24) is 9.97 Å².